The smallest absolute Gasteiger partial charge is 0.350 e. The number of sulfonamides is 1. The fraction of sp³-hybridized carbons (Fsp3) is 1.00. The van der Waals surface area contributed by atoms with Gasteiger partial charge in [-0.2, -0.15) is 8.78 Å². The average molecular weight is 242 g/mol. The molecule has 1 aliphatic heterocycles. The molecule has 4 atom stereocenters. The summed E-state index contributed by atoms with van der Waals surface area (Å²) < 4.78 is 53.0. The minimum absolute atomic E-state index is 0.0929. The van der Waals surface area contributed by atoms with Crippen molar-refractivity contribution in [2.45, 2.75) is 30.4 Å². The van der Waals surface area contributed by atoms with E-state index in [-0.39, 0.29) is 12.0 Å². The summed E-state index contributed by atoms with van der Waals surface area (Å²) in [6.45, 7) is 0.510. The lowest BCUT2D eigenvalue weighted by Crippen LogP contribution is -2.69. The van der Waals surface area contributed by atoms with Crippen LogP contribution in [0, 0.1) is 5.92 Å². The Kier molecular flexibility index (Phi) is 2.70. The molecule has 5 nitrogen and oxygen atoms in total. The van der Waals surface area contributed by atoms with Gasteiger partial charge in [-0.1, -0.05) is 0 Å². The first-order valence-corrected chi connectivity index (χ1v) is 6.14. The van der Waals surface area contributed by atoms with Crippen LogP contribution in [0.15, 0.2) is 0 Å². The zero-order valence-electron chi connectivity index (χ0n) is 7.77. The summed E-state index contributed by atoms with van der Waals surface area (Å²) in [5.74, 6) is -3.33. The van der Waals surface area contributed by atoms with Crippen LogP contribution in [0.4, 0.5) is 8.78 Å². The maximum Gasteiger partial charge on any atom is 0.350 e. The third kappa shape index (κ3) is 1.75. The van der Waals surface area contributed by atoms with Crippen molar-refractivity contribution in [3.05, 3.63) is 0 Å². The van der Waals surface area contributed by atoms with E-state index in [0.29, 0.717) is 6.61 Å². The predicted molar refractivity (Wildman–Crippen MR) is 47.7 cm³/mol. The minimum atomic E-state index is -4.57. The van der Waals surface area contributed by atoms with E-state index in [0.717, 1.165) is 6.42 Å². The molecule has 0 aromatic carbocycles. The lowest BCUT2D eigenvalue weighted by atomic mass is 9.73. The van der Waals surface area contributed by atoms with E-state index in [1.807, 2.05) is 4.72 Å². The second-order valence-corrected chi connectivity index (χ2v) is 5.50. The van der Waals surface area contributed by atoms with Crippen LogP contribution in [0.5, 0.6) is 0 Å². The van der Waals surface area contributed by atoms with Gasteiger partial charge in [-0.15, -0.1) is 0 Å². The van der Waals surface area contributed by atoms with Gasteiger partial charge in [0.2, 0.25) is 0 Å². The van der Waals surface area contributed by atoms with Crippen LogP contribution in [-0.4, -0.2) is 39.0 Å². The number of alkyl halides is 2. The summed E-state index contributed by atoms with van der Waals surface area (Å²) >= 11 is 0. The molecule has 0 aromatic heterocycles. The summed E-state index contributed by atoms with van der Waals surface area (Å²) in [4.78, 5) is 0. The summed E-state index contributed by atoms with van der Waals surface area (Å²) in [6, 6.07) is -1.14. The van der Waals surface area contributed by atoms with E-state index < -0.39 is 27.9 Å². The fourth-order valence-electron chi connectivity index (χ4n) is 2.14. The van der Waals surface area contributed by atoms with Gasteiger partial charge >= 0.3 is 5.76 Å². The Morgan fingerprint density at radius 1 is 1.47 bits per heavy atom. The van der Waals surface area contributed by atoms with Crippen LogP contribution in [0.3, 0.4) is 0 Å². The SMILES string of the molecule is NC1C2CCOC2C1NS(=O)(=O)C(F)F. The molecule has 2 aliphatic rings. The van der Waals surface area contributed by atoms with Crippen molar-refractivity contribution in [2.75, 3.05) is 6.61 Å². The number of hydrogen-bond donors (Lipinski definition) is 2. The largest absolute Gasteiger partial charge is 0.376 e. The molecule has 15 heavy (non-hydrogen) atoms. The molecule has 4 unspecified atom stereocenters. The zero-order valence-corrected chi connectivity index (χ0v) is 8.58. The first kappa shape index (κ1) is 11.2. The minimum Gasteiger partial charge on any atom is -0.376 e. The van der Waals surface area contributed by atoms with Gasteiger partial charge in [0, 0.05) is 18.6 Å². The second-order valence-electron chi connectivity index (χ2n) is 3.81. The molecule has 0 aromatic rings. The number of nitrogens with two attached hydrogens (primary N) is 1. The van der Waals surface area contributed by atoms with Crippen LogP contribution in [-0.2, 0) is 14.8 Å². The molecule has 3 N–H and O–H groups in total. The molecule has 8 heteroatoms. The van der Waals surface area contributed by atoms with Crippen LogP contribution in [0.1, 0.15) is 6.42 Å². The lowest BCUT2D eigenvalue weighted by Gasteiger charge is -2.45. The summed E-state index contributed by atoms with van der Waals surface area (Å²) in [6.07, 6.45) is 0.423. The number of rotatable bonds is 3. The van der Waals surface area contributed by atoms with Gasteiger partial charge in [0.05, 0.1) is 12.1 Å². The van der Waals surface area contributed by atoms with Gasteiger partial charge in [0.1, 0.15) is 0 Å². The normalized spacial score (nSPS) is 40.3. The average Bonchev–Trinajstić information content (AvgIpc) is 2.58. The molecule has 0 bridgehead atoms. The van der Waals surface area contributed by atoms with E-state index in [1.165, 1.54) is 0 Å². The Morgan fingerprint density at radius 2 is 2.13 bits per heavy atom. The highest BCUT2D eigenvalue weighted by molar-refractivity contribution is 7.89. The van der Waals surface area contributed by atoms with Crippen molar-refractivity contribution >= 4 is 10.0 Å². The van der Waals surface area contributed by atoms with Crippen molar-refractivity contribution in [2.24, 2.45) is 11.7 Å². The molecule has 1 aliphatic carbocycles. The van der Waals surface area contributed by atoms with Gasteiger partial charge in [0.25, 0.3) is 10.0 Å². The molecular weight excluding hydrogens is 230 g/mol. The van der Waals surface area contributed by atoms with Crippen molar-refractivity contribution < 1.29 is 21.9 Å². The van der Waals surface area contributed by atoms with E-state index in [1.54, 1.807) is 0 Å². The third-order valence-corrected chi connectivity index (χ3v) is 4.05. The molecule has 1 saturated carbocycles. The highest BCUT2D eigenvalue weighted by atomic mass is 32.2. The quantitative estimate of drug-likeness (QED) is 0.682. The van der Waals surface area contributed by atoms with E-state index in [2.05, 4.69) is 0 Å². The van der Waals surface area contributed by atoms with E-state index in [9.17, 15) is 17.2 Å². The molecule has 88 valence electrons. The summed E-state index contributed by atoms with van der Waals surface area (Å²) in [7, 11) is -4.57. The first-order valence-electron chi connectivity index (χ1n) is 4.60. The maximum atomic E-state index is 12.1. The van der Waals surface area contributed by atoms with Crippen LogP contribution in [0.2, 0.25) is 0 Å². The zero-order chi connectivity index (χ0) is 11.2. The van der Waals surface area contributed by atoms with Crippen LogP contribution < -0.4 is 10.5 Å². The maximum absolute atomic E-state index is 12.1. The van der Waals surface area contributed by atoms with Gasteiger partial charge in [-0.05, 0) is 6.42 Å². The first-order chi connectivity index (χ1) is 6.93. The number of fused-ring (bicyclic) bond motifs is 1. The van der Waals surface area contributed by atoms with E-state index in [4.69, 9.17) is 10.5 Å². The topological polar surface area (TPSA) is 81.4 Å². The molecular formula is C7H12F2N2O3S. The highest BCUT2D eigenvalue weighted by Crippen LogP contribution is 2.38. The highest BCUT2D eigenvalue weighted by Gasteiger charge is 2.54. The monoisotopic (exact) mass is 242 g/mol. The van der Waals surface area contributed by atoms with Crippen molar-refractivity contribution in [1.82, 2.24) is 4.72 Å². The lowest BCUT2D eigenvalue weighted by molar-refractivity contribution is -0.00983. The van der Waals surface area contributed by atoms with Crippen molar-refractivity contribution in [3.63, 3.8) is 0 Å². The van der Waals surface area contributed by atoms with Crippen molar-refractivity contribution in [3.8, 4) is 0 Å². The number of ether oxygens (including phenoxy) is 1. The van der Waals surface area contributed by atoms with Gasteiger partial charge < -0.3 is 10.5 Å². The number of hydrogen-bond acceptors (Lipinski definition) is 4. The van der Waals surface area contributed by atoms with Gasteiger partial charge in [-0.3, -0.25) is 0 Å². The molecule has 0 radical (unpaired) electrons. The molecule has 0 amide bonds. The Hall–Kier alpha value is -0.310. The van der Waals surface area contributed by atoms with Crippen LogP contribution >= 0.6 is 0 Å². The van der Waals surface area contributed by atoms with Gasteiger partial charge in [0.15, 0.2) is 0 Å². The molecule has 1 heterocycles. The molecule has 2 rings (SSSR count). The van der Waals surface area contributed by atoms with Crippen molar-refractivity contribution in [1.29, 1.82) is 0 Å². The van der Waals surface area contributed by atoms with Gasteiger partial charge in [-0.25, -0.2) is 13.1 Å². The van der Waals surface area contributed by atoms with Crippen LogP contribution in [0.25, 0.3) is 0 Å². The Balaban J connectivity index is 2.02. The molecule has 1 saturated heterocycles. The Morgan fingerprint density at radius 3 is 2.73 bits per heavy atom. The summed E-state index contributed by atoms with van der Waals surface area (Å²) in [5.41, 5.74) is 5.66. The second kappa shape index (κ2) is 3.62. The Labute approximate surface area is 86.0 Å². The standard InChI is InChI=1S/C7H12F2N2O3S/c8-7(9)15(12,13)11-5-4(10)3-1-2-14-6(3)5/h3-7,11H,1-2,10H2. The Bertz CT molecular complexity index is 348. The fourth-order valence-corrected chi connectivity index (χ4v) is 2.91. The number of halogens is 2. The molecule has 0 spiro atoms. The van der Waals surface area contributed by atoms with E-state index >= 15 is 0 Å². The number of nitrogens with one attached hydrogen (secondary N) is 1. The summed E-state index contributed by atoms with van der Waals surface area (Å²) in [5, 5.41) is 0. The molecule has 2 fully saturated rings. The predicted octanol–water partition coefficient (Wildman–Crippen LogP) is -0.757. The third-order valence-electron chi connectivity index (χ3n) is 2.98.